The zero-order chi connectivity index (χ0) is 45.5. The fraction of sp³-hybridized carbons (Fsp3) is 0.172. The minimum absolute atomic E-state index is 0. The predicted molar refractivity (Wildman–Crippen MR) is 267 cm³/mol. The molecule has 1 radical (unpaired) electrons. The Bertz CT molecular complexity index is 3280. The van der Waals surface area contributed by atoms with E-state index in [4.69, 9.17) is 12.1 Å². The fourth-order valence-corrected chi connectivity index (χ4v) is 9.85. The SMILES string of the molecule is CC(C)(C)c1cccc(-c2ccccc2)c1-n1c(-c2[c-]ccc3c2oc2ccccc23)nc2ccccc21.[2H]C([2H])(c1cc(-c2[c-]cccc2)ncc1[Si](C)(C)C)C(C)c1ccccc1.[Ir]. The maximum absolute atomic E-state index is 9.04. The number of hydrogen-bond acceptors (Lipinski definition) is 3. The van der Waals surface area contributed by atoms with E-state index in [0.717, 1.165) is 77.6 Å². The maximum atomic E-state index is 9.04. The van der Waals surface area contributed by atoms with E-state index in [1.165, 1.54) is 16.7 Å². The molecule has 4 nitrogen and oxygen atoms in total. The molecule has 3 aromatic heterocycles. The van der Waals surface area contributed by atoms with E-state index in [-0.39, 0.29) is 31.4 Å². The van der Waals surface area contributed by atoms with E-state index >= 15 is 0 Å². The number of imidazole rings is 1. The summed E-state index contributed by atoms with van der Waals surface area (Å²) >= 11 is 0. The molecular formula is C58H53IrN3OSi-2. The van der Waals surface area contributed by atoms with Gasteiger partial charge < -0.3 is 14.0 Å². The van der Waals surface area contributed by atoms with Gasteiger partial charge in [0.05, 0.1) is 36.2 Å². The van der Waals surface area contributed by atoms with Gasteiger partial charge in [-0.1, -0.05) is 179 Å². The number of benzene rings is 7. The van der Waals surface area contributed by atoms with E-state index in [0.29, 0.717) is 0 Å². The van der Waals surface area contributed by atoms with Gasteiger partial charge in [0.2, 0.25) is 0 Å². The summed E-state index contributed by atoms with van der Waals surface area (Å²) in [6, 6.07) is 64.1. The normalized spacial score (nSPS) is 12.9. The third-order valence-electron chi connectivity index (χ3n) is 11.6. The van der Waals surface area contributed by atoms with Crippen LogP contribution >= 0.6 is 0 Å². The van der Waals surface area contributed by atoms with E-state index < -0.39 is 14.4 Å². The molecular weight excluding hydrogens is 975 g/mol. The predicted octanol–water partition coefficient (Wildman–Crippen LogP) is 14.8. The first kappa shape index (κ1) is 41.8. The molecule has 10 rings (SSSR count). The topological polar surface area (TPSA) is 43.9 Å². The molecule has 3 heterocycles. The van der Waals surface area contributed by atoms with Gasteiger partial charge in [0.25, 0.3) is 0 Å². The van der Waals surface area contributed by atoms with Gasteiger partial charge in [-0.15, -0.1) is 54.1 Å². The average molecular weight is 1030 g/mol. The molecule has 6 heteroatoms. The van der Waals surface area contributed by atoms with Gasteiger partial charge in [-0.05, 0) is 63.5 Å². The van der Waals surface area contributed by atoms with Crippen LogP contribution in [0.15, 0.2) is 180 Å². The number of furan rings is 1. The molecule has 0 aliphatic carbocycles. The number of pyridine rings is 1. The van der Waals surface area contributed by atoms with Gasteiger partial charge in [-0.3, -0.25) is 4.98 Å². The fourth-order valence-electron chi connectivity index (χ4n) is 8.45. The van der Waals surface area contributed by atoms with Crippen molar-refractivity contribution >= 4 is 46.2 Å². The molecule has 321 valence electrons. The Morgan fingerprint density at radius 3 is 2.17 bits per heavy atom. The number of para-hydroxylation sites is 4. The van der Waals surface area contributed by atoms with E-state index in [2.05, 4.69) is 147 Å². The quantitative estimate of drug-likeness (QED) is 0.113. The minimum Gasteiger partial charge on any atom is -0.501 e. The number of hydrogen-bond donors (Lipinski definition) is 0. The number of rotatable bonds is 8. The van der Waals surface area contributed by atoms with Crippen molar-refractivity contribution in [1.29, 1.82) is 0 Å². The second-order valence-corrected chi connectivity index (χ2v) is 23.2. The first-order valence-corrected chi connectivity index (χ1v) is 25.2. The summed E-state index contributed by atoms with van der Waals surface area (Å²) in [5, 5.41) is 3.25. The van der Waals surface area contributed by atoms with Crippen LogP contribution in [0.2, 0.25) is 19.6 Å². The largest absolute Gasteiger partial charge is 0.501 e. The van der Waals surface area contributed by atoms with Crippen LogP contribution in [0.4, 0.5) is 0 Å². The standard InChI is InChI=1S/C35H27N2O.C23H26NSi.Ir/c1-35(2,3)28-19-12-16-24(23-13-5-4-6-14-23)32(28)37-30-21-9-8-20-29(30)36-34(37)27-18-11-17-26-25-15-7-10-22-31(25)38-33(26)27;1-18(19-11-7-5-8-12-19)15-21-16-22(20-13-9-6-10-14-20)24-17-23(21)25(2,3)4;/h4-17,19-22H,1-3H3;5-13,16-18H,15H2,1-4H3;/q2*-1;/i;15D2;. The summed E-state index contributed by atoms with van der Waals surface area (Å²) < 4.78 is 26.9. The van der Waals surface area contributed by atoms with Crippen molar-refractivity contribution in [2.75, 3.05) is 0 Å². The molecule has 0 aliphatic rings. The monoisotopic (exact) mass is 1030 g/mol. The molecule has 0 aliphatic heterocycles. The van der Waals surface area contributed by atoms with Crippen LogP contribution in [0.3, 0.4) is 0 Å². The third-order valence-corrected chi connectivity index (χ3v) is 13.7. The Kier molecular flexibility index (Phi) is 12.1. The molecule has 1 unspecified atom stereocenters. The van der Waals surface area contributed by atoms with Gasteiger partial charge in [-0.25, -0.2) is 0 Å². The zero-order valence-electron chi connectivity index (χ0n) is 39.4. The summed E-state index contributed by atoms with van der Waals surface area (Å²) in [6.45, 7) is 15.5. The van der Waals surface area contributed by atoms with Crippen molar-refractivity contribution in [2.24, 2.45) is 0 Å². The Labute approximate surface area is 395 Å². The van der Waals surface area contributed by atoms with Gasteiger partial charge in [0, 0.05) is 40.0 Å². The van der Waals surface area contributed by atoms with Crippen molar-refractivity contribution < 1.29 is 27.3 Å². The summed E-state index contributed by atoms with van der Waals surface area (Å²) in [7, 11) is -1.77. The number of aromatic nitrogens is 3. The summed E-state index contributed by atoms with van der Waals surface area (Å²) in [5.74, 6) is 0.563. The molecule has 7 aromatic carbocycles. The van der Waals surface area contributed by atoms with Crippen LogP contribution in [-0.4, -0.2) is 22.6 Å². The Hall–Kier alpha value is -6.17. The Morgan fingerprint density at radius 2 is 1.44 bits per heavy atom. The van der Waals surface area contributed by atoms with E-state index in [1.54, 1.807) is 0 Å². The molecule has 0 N–H and O–H groups in total. The van der Waals surface area contributed by atoms with Crippen LogP contribution in [0.25, 0.3) is 72.4 Å². The van der Waals surface area contributed by atoms with E-state index in [1.807, 2.05) is 98.0 Å². The molecule has 64 heavy (non-hydrogen) atoms. The molecule has 0 bridgehead atoms. The second-order valence-electron chi connectivity index (χ2n) is 18.2. The summed E-state index contributed by atoms with van der Waals surface area (Å²) in [5.41, 5.74) is 12.6. The van der Waals surface area contributed by atoms with Crippen molar-refractivity contribution in [3.63, 3.8) is 0 Å². The van der Waals surface area contributed by atoms with Crippen LogP contribution in [-0.2, 0) is 31.9 Å². The van der Waals surface area contributed by atoms with Gasteiger partial charge in [0.15, 0.2) is 0 Å². The smallest absolute Gasteiger partial charge is 0.120 e. The van der Waals surface area contributed by atoms with Gasteiger partial charge >= 0.3 is 0 Å². The molecule has 10 aromatic rings. The van der Waals surface area contributed by atoms with Crippen molar-refractivity contribution in [2.45, 2.75) is 65.0 Å². The van der Waals surface area contributed by atoms with Crippen LogP contribution < -0.4 is 5.19 Å². The van der Waals surface area contributed by atoms with Crippen molar-refractivity contribution in [1.82, 2.24) is 14.5 Å². The van der Waals surface area contributed by atoms with Crippen molar-refractivity contribution in [3.8, 4) is 39.5 Å². The molecule has 0 spiro atoms. The first-order valence-electron chi connectivity index (χ1n) is 22.7. The van der Waals surface area contributed by atoms with Crippen LogP contribution in [0, 0.1) is 12.1 Å². The Balaban J connectivity index is 0.000000188. The Morgan fingerprint density at radius 1 is 0.734 bits per heavy atom. The van der Waals surface area contributed by atoms with Gasteiger partial charge in [-0.2, -0.15) is 0 Å². The van der Waals surface area contributed by atoms with Crippen LogP contribution in [0.1, 0.15) is 53.0 Å². The average Bonchev–Trinajstić information content (AvgIpc) is 3.90. The molecule has 1 atom stereocenters. The zero-order valence-corrected chi connectivity index (χ0v) is 40.8. The van der Waals surface area contributed by atoms with Crippen LogP contribution in [0.5, 0.6) is 0 Å². The second kappa shape index (κ2) is 18.5. The summed E-state index contributed by atoms with van der Waals surface area (Å²) in [6.07, 6.45) is 0.400. The summed E-state index contributed by atoms with van der Waals surface area (Å²) in [4.78, 5) is 9.87. The molecule has 0 saturated carbocycles. The minimum atomic E-state index is -1.77. The molecule has 0 fully saturated rings. The van der Waals surface area contributed by atoms with Gasteiger partial charge in [0.1, 0.15) is 5.58 Å². The molecule has 0 amide bonds. The third kappa shape index (κ3) is 8.96. The van der Waals surface area contributed by atoms with Crippen molar-refractivity contribution in [3.05, 3.63) is 205 Å². The maximum Gasteiger partial charge on any atom is 0.120 e. The number of nitrogens with zero attached hydrogens (tertiary/aromatic N) is 3. The number of fused-ring (bicyclic) bond motifs is 4. The molecule has 0 saturated heterocycles. The first-order chi connectivity index (χ1) is 31.2. The van der Waals surface area contributed by atoms with E-state index in [9.17, 15) is 0 Å².